The van der Waals surface area contributed by atoms with E-state index in [-0.39, 0.29) is 11.9 Å². The number of aryl methyl sites for hydroxylation is 1. The first kappa shape index (κ1) is 17.2. The minimum Gasteiger partial charge on any atom is -0.497 e. The van der Waals surface area contributed by atoms with Crippen molar-refractivity contribution in [2.75, 3.05) is 12.4 Å². The maximum absolute atomic E-state index is 13.9. The second-order valence-corrected chi connectivity index (χ2v) is 7.06. The number of benzene rings is 2. The number of nitrogens with one attached hydrogen (secondary N) is 2. The van der Waals surface area contributed by atoms with Crippen molar-refractivity contribution in [2.45, 2.75) is 25.3 Å². The number of hydrogen-bond donors (Lipinski definition) is 2. The van der Waals surface area contributed by atoms with Crippen LogP contribution in [0.5, 0.6) is 5.75 Å². The Morgan fingerprint density at radius 3 is 2.88 bits per heavy atom. The van der Waals surface area contributed by atoms with Gasteiger partial charge in [0.25, 0.3) is 0 Å². The van der Waals surface area contributed by atoms with Gasteiger partial charge in [0.05, 0.1) is 18.8 Å². The molecule has 6 heteroatoms. The highest BCUT2D eigenvalue weighted by Gasteiger charge is 2.21. The van der Waals surface area contributed by atoms with Gasteiger partial charge in [-0.25, -0.2) is 4.39 Å². The number of fused-ring (bicyclic) bond motifs is 1. The zero-order valence-electron chi connectivity index (χ0n) is 13.2. The first-order valence-electron chi connectivity index (χ1n) is 7.76. The van der Waals surface area contributed by atoms with E-state index in [9.17, 15) is 4.39 Å². The number of hydrogen-bond acceptors (Lipinski definition) is 2. The van der Waals surface area contributed by atoms with Crippen LogP contribution in [0.1, 0.15) is 30.0 Å². The molecule has 1 unspecified atom stereocenters. The Morgan fingerprint density at radius 2 is 2.12 bits per heavy atom. The highest BCUT2D eigenvalue weighted by Crippen LogP contribution is 2.32. The fourth-order valence-electron chi connectivity index (χ4n) is 2.98. The Hall–Kier alpha value is -1.66. The molecule has 0 saturated carbocycles. The molecule has 0 bridgehead atoms. The lowest BCUT2D eigenvalue weighted by atomic mass is 9.87. The van der Waals surface area contributed by atoms with Crippen molar-refractivity contribution in [3.63, 3.8) is 0 Å². The Balaban J connectivity index is 1.71. The van der Waals surface area contributed by atoms with Crippen LogP contribution in [-0.4, -0.2) is 12.2 Å². The molecule has 0 aromatic heterocycles. The summed E-state index contributed by atoms with van der Waals surface area (Å²) in [4.78, 5) is 0. The van der Waals surface area contributed by atoms with E-state index in [4.69, 9.17) is 17.0 Å². The van der Waals surface area contributed by atoms with Gasteiger partial charge in [-0.3, -0.25) is 0 Å². The van der Waals surface area contributed by atoms with Gasteiger partial charge < -0.3 is 15.4 Å². The van der Waals surface area contributed by atoms with E-state index in [1.807, 2.05) is 6.07 Å². The number of ether oxygens (including phenoxy) is 1. The summed E-state index contributed by atoms with van der Waals surface area (Å²) in [6.45, 7) is 0. The molecular weight excluding hydrogens is 391 g/mol. The van der Waals surface area contributed by atoms with E-state index in [0.717, 1.165) is 25.0 Å². The lowest BCUT2D eigenvalue weighted by Gasteiger charge is -2.28. The predicted molar refractivity (Wildman–Crippen MR) is 102 cm³/mol. The number of anilines is 1. The van der Waals surface area contributed by atoms with E-state index in [2.05, 4.69) is 38.7 Å². The molecule has 2 aromatic rings. The second-order valence-electron chi connectivity index (χ2n) is 5.73. The summed E-state index contributed by atoms with van der Waals surface area (Å²) in [6, 6.07) is 11.1. The average Bonchev–Trinajstić information content (AvgIpc) is 2.57. The van der Waals surface area contributed by atoms with Gasteiger partial charge >= 0.3 is 0 Å². The van der Waals surface area contributed by atoms with Crippen LogP contribution < -0.4 is 15.4 Å². The molecule has 0 fully saturated rings. The van der Waals surface area contributed by atoms with Crippen molar-refractivity contribution < 1.29 is 9.13 Å². The zero-order valence-corrected chi connectivity index (χ0v) is 15.6. The van der Waals surface area contributed by atoms with Crippen LogP contribution in [-0.2, 0) is 6.42 Å². The van der Waals surface area contributed by atoms with Gasteiger partial charge in [0.15, 0.2) is 5.11 Å². The van der Waals surface area contributed by atoms with Crippen molar-refractivity contribution in [2.24, 2.45) is 0 Å². The Kier molecular flexibility index (Phi) is 5.36. The maximum atomic E-state index is 13.9. The van der Waals surface area contributed by atoms with E-state index in [1.54, 1.807) is 19.2 Å². The Morgan fingerprint density at radius 1 is 1.29 bits per heavy atom. The molecule has 0 spiro atoms. The lowest BCUT2D eigenvalue weighted by Crippen LogP contribution is -2.34. The van der Waals surface area contributed by atoms with Crippen LogP contribution in [0.2, 0.25) is 0 Å². The highest BCUT2D eigenvalue weighted by molar-refractivity contribution is 9.10. The standard InChI is InChI=1S/C18H18BrFN2OS/c1-23-13-6-7-14-11(9-13)3-2-4-16(14)21-18(24)22-17-8-5-12(19)10-15(17)20/h5-10,16H,2-4H2,1H3,(H2,21,22,24). The molecule has 0 saturated heterocycles. The number of rotatable bonds is 3. The molecule has 0 heterocycles. The van der Waals surface area contributed by atoms with Gasteiger partial charge in [-0.15, -0.1) is 0 Å². The summed E-state index contributed by atoms with van der Waals surface area (Å²) < 4.78 is 19.9. The minimum absolute atomic E-state index is 0.123. The molecule has 0 aliphatic heterocycles. The number of thiocarbonyl (C=S) groups is 1. The van der Waals surface area contributed by atoms with Crippen LogP contribution in [0, 0.1) is 5.82 Å². The summed E-state index contributed by atoms with van der Waals surface area (Å²) in [7, 11) is 1.67. The Bertz CT molecular complexity index is 769. The van der Waals surface area contributed by atoms with E-state index in [1.165, 1.54) is 17.2 Å². The minimum atomic E-state index is -0.345. The van der Waals surface area contributed by atoms with Crippen LogP contribution in [0.3, 0.4) is 0 Å². The van der Waals surface area contributed by atoms with E-state index >= 15 is 0 Å². The number of methoxy groups -OCH3 is 1. The molecule has 2 aromatic carbocycles. The SMILES string of the molecule is COc1ccc2c(c1)CCCC2NC(=S)Nc1ccc(Br)cc1F. The predicted octanol–water partition coefficient (Wildman–Crippen LogP) is 4.96. The second kappa shape index (κ2) is 7.49. The van der Waals surface area contributed by atoms with Gasteiger partial charge in [0.1, 0.15) is 11.6 Å². The third-order valence-corrected chi connectivity index (χ3v) is 4.86. The van der Waals surface area contributed by atoms with Crippen molar-refractivity contribution in [1.29, 1.82) is 0 Å². The highest BCUT2D eigenvalue weighted by atomic mass is 79.9. The molecular formula is C18H18BrFN2OS. The van der Waals surface area contributed by atoms with Crippen LogP contribution >= 0.6 is 28.1 Å². The van der Waals surface area contributed by atoms with Crippen molar-refractivity contribution in [3.8, 4) is 5.75 Å². The molecule has 1 aliphatic carbocycles. The summed E-state index contributed by atoms with van der Waals surface area (Å²) in [5, 5.41) is 6.66. The topological polar surface area (TPSA) is 33.3 Å². The third-order valence-electron chi connectivity index (χ3n) is 4.15. The van der Waals surface area contributed by atoms with Crippen molar-refractivity contribution in [1.82, 2.24) is 5.32 Å². The fraction of sp³-hybridized carbons (Fsp3) is 0.278. The molecule has 0 amide bonds. The van der Waals surface area contributed by atoms with Crippen LogP contribution in [0.4, 0.5) is 10.1 Å². The third kappa shape index (κ3) is 3.87. The number of halogens is 2. The molecule has 3 nitrogen and oxygen atoms in total. The largest absolute Gasteiger partial charge is 0.497 e. The van der Waals surface area contributed by atoms with Gasteiger partial charge in [-0.05, 0) is 72.9 Å². The average molecular weight is 409 g/mol. The maximum Gasteiger partial charge on any atom is 0.171 e. The van der Waals surface area contributed by atoms with Gasteiger partial charge in [-0.2, -0.15) is 0 Å². The summed E-state index contributed by atoms with van der Waals surface area (Å²) in [5.74, 6) is 0.523. The zero-order chi connectivity index (χ0) is 17.1. The summed E-state index contributed by atoms with van der Waals surface area (Å²) >= 11 is 8.61. The molecule has 24 heavy (non-hydrogen) atoms. The summed E-state index contributed by atoms with van der Waals surface area (Å²) in [6.07, 6.45) is 3.10. The summed E-state index contributed by atoms with van der Waals surface area (Å²) in [5.41, 5.74) is 2.86. The van der Waals surface area contributed by atoms with Gasteiger partial charge in [-0.1, -0.05) is 22.0 Å². The molecule has 0 radical (unpaired) electrons. The molecule has 1 aliphatic rings. The van der Waals surface area contributed by atoms with Gasteiger partial charge in [0.2, 0.25) is 0 Å². The molecule has 3 rings (SSSR count). The molecule has 2 N–H and O–H groups in total. The normalized spacial score (nSPS) is 16.2. The lowest BCUT2D eigenvalue weighted by molar-refractivity contribution is 0.412. The van der Waals surface area contributed by atoms with E-state index < -0.39 is 0 Å². The van der Waals surface area contributed by atoms with Crippen molar-refractivity contribution in [3.05, 3.63) is 57.8 Å². The van der Waals surface area contributed by atoms with Crippen molar-refractivity contribution >= 4 is 38.9 Å². The first-order valence-corrected chi connectivity index (χ1v) is 8.96. The van der Waals surface area contributed by atoms with Crippen LogP contribution in [0.15, 0.2) is 40.9 Å². The monoisotopic (exact) mass is 408 g/mol. The first-order chi connectivity index (χ1) is 11.6. The molecule has 126 valence electrons. The van der Waals surface area contributed by atoms with E-state index in [0.29, 0.717) is 15.3 Å². The molecule has 1 atom stereocenters. The Labute approximate surface area is 154 Å². The van der Waals surface area contributed by atoms with Crippen LogP contribution in [0.25, 0.3) is 0 Å². The quantitative estimate of drug-likeness (QED) is 0.703. The fourth-order valence-corrected chi connectivity index (χ4v) is 3.56. The smallest absolute Gasteiger partial charge is 0.171 e. The van der Waals surface area contributed by atoms with Gasteiger partial charge in [0, 0.05) is 4.47 Å².